The molecule has 0 unspecified atom stereocenters. The molecule has 2 amide bonds. The highest BCUT2D eigenvalue weighted by molar-refractivity contribution is 5.95. The van der Waals surface area contributed by atoms with Crippen LogP contribution in [0.3, 0.4) is 0 Å². The smallest absolute Gasteiger partial charge is 0.253 e. The number of carbonyl (C=O) groups is 2. The summed E-state index contributed by atoms with van der Waals surface area (Å²) in [5.41, 5.74) is 13.3. The molecule has 1 saturated heterocycles. The number of β-amino-alcohol motifs (C(OH)–C–C–N with tert-alkyl or cyclic N) is 1. The molecule has 1 aliphatic rings. The molecule has 0 aromatic heterocycles. The summed E-state index contributed by atoms with van der Waals surface area (Å²) in [6, 6.07) is 18.6. The van der Waals surface area contributed by atoms with Crippen LogP contribution in [0.1, 0.15) is 22.3 Å². The van der Waals surface area contributed by atoms with Crippen molar-refractivity contribution < 1.29 is 19.1 Å². The van der Waals surface area contributed by atoms with Crippen molar-refractivity contribution >= 4 is 35.2 Å². The number of benzene rings is 3. The van der Waals surface area contributed by atoms with Gasteiger partial charge in [-0.1, -0.05) is 43.5 Å². The van der Waals surface area contributed by atoms with E-state index in [1.165, 1.54) is 24.5 Å². The van der Waals surface area contributed by atoms with Crippen molar-refractivity contribution in [2.45, 2.75) is 6.42 Å². The van der Waals surface area contributed by atoms with Crippen LogP contribution in [0.2, 0.25) is 0 Å². The molecule has 0 bridgehead atoms. The molecule has 12 heteroatoms. The number of aliphatic imine (C=N–C) groups is 1. The van der Waals surface area contributed by atoms with E-state index < -0.39 is 11.7 Å². The molecule has 1 heterocycles. The van der Waals surface area contributed by atoms with Gasteiger partial charge < -0.3 is 31.8 Å². The number of allylic oxidation sites excluding steroid dienone is 1. The van der Waals surface area contributed by atoms with Crippen molar-refractivity contribution in [3.05, 3.63) is 114 Å². The van der Waals surface area contributed by atoms with Gasteiger partial charge in [0.2, 0.25) is 5.91 Å². The molecule has 3 aromatic rings. The van der Waals surface area contributed by atoms with Crippen LogP contribution in [0.4, 0.5) is 15.8 Å². The van der Waals surface area contributed by atoms with Crippen LogP contribution in [0.15, 0.2) is 102 Å². The second-order valence-corrected chi connectivity index (χ2v) is 10.6. The maximum Gasteiger partial charge on any atom is 0.253 e. The summed E-state index contributed by atoms with van der Waals surface area (Å²) < 4.78 is 13.4. The van der Waals surface area contributed by atoms with Crippen molar-refractivity contribution in [2.24, 2.45) is 16.6 Å². The van der Waals surface area contributed by atoms with Gasteiger partial charge in [-0.15, -0.1) is 0 Å². The van der Waals surface area contributed by atoms with Gasteiger partial charge in [0.05, 0.1) is 25.1 Å². The molecular formula is C34H39FN8O3. The Morgan fingerprint density at radius 3 is 2.37 bits per heavy atom. The second kappa shape index (κ2) is 16.1. The number of aliphatic hydroxyl groups excluding tert-OH is 1. The molecule has 3 aromatic carbocycles. The summed E-state index contributed by atoms with van der Waals surface area (Å²) in [6.45, 7) is 11.6. The predicted octanol–water partition coefficient (Wildman–Crippen LogP) is 3.31. The minimum absolute atomic E-state index is 0.0178. The third-order valence-corrected chi connectivity index (χ3v) is 7.38. The third-order valence-electron chi connectivity index (χ3n) is 7.38. The Hall–Kier alpha value is -5.30. The molecule has 1 aliphatic heterocycles. The molecule has 0 atom stereocenters. The maximum absolute atomic E-state index is 13.4. The quantitative estimate of drug-likeness (QED) is 0.0554. The lowest BCUT2D eigenvalue weighted by molar-refractivity contribution is -0.115. The average Bonchev–Trinajstić information content (AvgIpc) is 3.04. The van der Waals surface area contributed by atoms with Gasteiger partial charge in [-0.3, -0.25) is 20.3 Å². The highest BCUT2D eigenvalue weighted by atomic mass is 19.1. The zero-order valence-corrected chi connectivity index (χ0v) is 25.5. The summed E-state index contributed by atoms with van der Waals surface area (Å²) >= 11 is 0. The first-order valence-corrected chi connectivity index (χ1v) is 14.7. The number of hydrazine groups is 1. The average molecular weight is 627 g/mol. The molecule has 0 aliphatic carbocycles. The Balaban J connectivity index is 1.40. The topological polar surface area (TPSA) is 161 Å². The Labute approximate surface area is 267 Å². The molecule has 1 fully saturated rings. The number of piperazine rings is 1. The van der Waals surface area contributed by atoms with Crippen molar-refractivity contribution in [2.75, 3.05) is 44.6 Å². The van der Waals surface area contributed by atoms with Crippen molar-refractivity contribution in [1.82, 2.24) is 20.5 Å². The van der Waals surface area contributed by atoms with E-state index >= 15 is 0 Å². The summed E-state index contributed by atoms with van der Waals surface area (Å²) in [6.07, 6.45) is 2.65. The van der Waals surface area contributed by atoms with Crippen molar-refractivity contribution in [1.29, 1.82) is 0 Å². The van der Waals surface area contributed by atoms with Gasteiger partial charge in [-0.25, -0.2) is 9.38 Å². The Bertz CT molecular complexity index is 1630. The van der Waals surface area contributed by atoms with Crippen LogP contribution >= 0.6 is 0 Å². The van der Waals surface area contributed by atoms with Crippen molar-refractivity contribution in [3.8, 4) is 11.1 Å². The standard InChI is InChI=1S/C34H39FN8O3/c1-23(18-30(41-37)21-33(45)40-29-5-3-4-28(35)20-29)39-24(2)31-11-10-27(19-32(31)38-22-36)25-6-8-26(9-7-25)34(46)43-14-12-42(13-15-43)16-17-44/h3-11,18-20,22,39,41,44H,1-2,12-17,21,37H2,(H2,36,38)(H,40,45)/b30-18-. The van der Waals surface area contributed by atoms with E-state index in [-0.39, 0.29) is 18.9 Å². The van der Waals surface area contributed by atoms with Crippen LogP contribution in [-0.4, -0.2) is 72.4 Å². The molecule has 8 N–H and O–H groups in total. The molecule has 240 valence electrons. The van der Waals surface area contributed by atoms with Gasteiger partial charge >= 0.3 is 0 Å². The fourth-order valence-corrected chi connectivity index (χ4v) is 5.05. The van der Waals surface area contributed by atoms with Crippen LogP contribution in [0, 0.1) is 5.82 Å². The third kappa shape index (κ3) is 9.11. The van der Waals surface area contributed by atoms with Crippen LogP contribution in [0.25, 0.3) is 16.8 Å². The zero-order chi connectivity index (χ0) is 33.1. The minimum Gasteiger partial charge on any atom is -0.395 e. The zero-order valence-electron chi connectivity index (χ0n) is 25.5. The molecule has 46 heavy (non-hydrogen) atoms. The summed E-state index contributed by atoms with van der Waals surface area (Å²) in [4.78, 5) is 33.8. The lowest BCUT2D eigenvalue weighted by Crippen LogP contribution is -2.49. The highest BCUT2D eigenvalue weighted by Gasteiger charge is 2.22. The number of rotatable bonds is 13. The fraction of sp³-hybridized carbons (Fsp3) is 0.206. The molecule has 0 spiro atoms. The van der Waals surface area contributed by atoms with E-state index in [0.717, 1.165) is 24.2 Å². The lowest BCUT2D eigenvalue weighted by atomic mass is 9.99. The maximum atomic E-state index is 13.4. The van der Waals surface area contributed by atoms with Gasteiger partial charge in [-0.2, -0.15) is 0 Å². The van der Waals surface area contributed by atoms with E-state index in [4.69, 9.17) is 16.7 Å². The number of hydrogen-bond donors (Lipinski definition) is 6. The summed E-state index contributed by atoms with van der Waals surface area (Å²) in [5.74, 6) is 4.76. The number of halogens is 1. The number of hydrogen-bond acceptors (Lipinski definition) is 8. The molecule has 4 rings (SSSR count). The van der Waals surface area contributed by atoms with Gasteiger partial charge in [0, 0.05) is 66.6 Å². The number of anilines is 1. The largest absolute Gasteiger partial charge is 0.395 e. The Morgan fingerprint density at radius 2 is 1.72 bits per heavy atom. The summed E-state index contributed by atoms with van der Waals surface area (Å²) in [7, 11) is 0. The monoisotopic (exact) mass is 626 g/mol. The van der Waals surface area contributed by atoms with E-state index in [2.05, 4.69) is 39.1 Å². The van der Waals surface area contributed by atoms with Crippen molar-refractivity contribution in [3.63, 3.8) is 0 Å². The SMILES string of the molecule is C=C(/C=C(/CC(=O)Nc1cccc(F)c1)NN)NC(=C)c1ccc(-c2ccc(C(=O)N3CCN(CCO)CC3)cc2)cc1N=CN. The molecular weight excluding hydrogens is 587 g/mol. The number of nitrogens with one attached hydrogen (secondary N) is 3. The van der Waals surface area contributed by atoms with Gasteiger partial charge in [0.1, 0.15) is 5.82 Å². The molecule has 0 saturated carbocycles. The Kier molecular flexibility index (Phi) is 11.8. The first-order valence-electron chi connectivity index (χ1n) is 14.7. The van der Waals surface area contributed by atoms with Gasteiger partial charge in [0.25, 0.3) is 5.91 Å². The number of nitrogens with zero attached hydrogens (tertiary/aromatic N) is 3. The van der Waals surface area contributed by atoms with E-state index in [0.29, 0.717) is 59.2 Å². The number of carbonyl (C=O) groups excluding carboxylic acids is 2. The fourth-order valence-electron chi connectivity index (χ4n) is 5.05. The second-order valence-electron chi connectivity index (χ2n) is 10.6. The van der Waals surface area contributed by atoms with Crippen LogP contribution in [-0.2, 0) is 4.79 Å². The van der Waals surface area contributed by atoms with E-state index in [9.17, 15) is 14.0 Å². The van der Waals surface area contributed by atoms with Gasteiger partial charge in [0.15, 0.2) is 0 Å². The van der Waals surface area contributed by atoms with E-state index in [1.807, 2.05) is 47.4 Å². The normalized spacial score (nSPS) is 13.8. The number of amides is 2. The molecule has 11 nitrogen and oxygen atoms in total. The van der Waals surface area contributed by atoms with E-state index in [1.54, 1.807) is 12.1 Å². The number of aliphatic hydroxyl groups is 1. The lowest BCUT2D eigenvalue weighted by Gasteiger charge is -2.34. The highest BCUT2D eigenvalue weighted by Crippen LogP contribution is 2.31. The molecule has 0 radical (unpaired) electrons. The Morgan fingerprint density at radius 1 is 1.00 bits per heavy atom. The van der Waals surface area contributed by atoms with Crippen LogP contribution in [0.5, 0.6) is 0 Å². The minimum atomic E-state index is -0.459. The first-order chi connectivity index (χ1) is 22.2. The number of nitrogens with two attached hydrogens (primary N) is 2. The first kappa shape index (κ1) is 33.6. The van der Waals surface area contributed by atoms with Gasteiger partial charge in [-0.05, 0) is 53.6 Å². The van der Waals surface area contributed by atoms with Crippen LogP contribution < -0.4 is 27.6 Å². The summed E-state index contributed by atoms with van der Waals surface area (Å²) in [5, 5.41) is 14.9. The predicted molar refractivity (Wildman–Crippen MR) is 180 cm³/mol.